The van der Waals surface area contributed by atoms with Crippen LogP contribution in [0, 0.1) is 0 Å². The summed E-state index contributed by atoms with van der Waals surface area (Å²) in [4.78, 5) is 35.1. The lowest BCUT2D eigenvalue weighted by Gasteiger charge is -2.32. The molecule has 0 radical (unpaired) electrons. The van der Waals surface area contributed by atoms with Crippen molar-refractivity contribution in [3.05, 3.63) is 112 Å². The maximum absolute atomic E-state index is 12.2. The number of rotatable bonds is 7. The zero-order chi connectivity index (χ0) is 43.1. The number of likely N-dealkylation sites (tertiary alicyclic amines) is 2. The van der Waals surface area contributed by atoms with E-state index in [-0.39, 0.29) is 6.09 Å². The highest BCUT2D eigenvalue weighted by atomic mass is 79.9. The predicted molar refractivity (Wildman–Crippen MR) is 237 cm³/mol. The molecule has 0 aliphatic carbocycles. The number of amides is 2. The fraction of sp³-hybridized carbons (Fsp3) is 0.391. The van der Waals surface area contributed by atoms with Crippen LogP contribution >= 0.6 is 15.9 Å². The first-order valence-electron chi connectivity index (χ1n) is 20.3. The Morgan fingerprint density at radius 2 is 1.22 bits per heavy atom. The number of piperidine rings is 2. The Bertz CT molecular complexity index is 2150. The molecule has 0 spiro atoms. The van der Waals surface area contributed by atoms with Gasteiger partial charge >= 0.3 is 19.3 Å². The topological polar surface area (TPSA) is 133 Å². The maximum atomic E-state index is 12.2. The van der Waals surface area contributed by atoms with Crippen LogP contribution in [-0.2, 0) is 14.0 Å². The zero-order valence-electron chi connectivity index (χ0n) is 35.4. The van der Waals surface area contributed by atoms with Crippen molar-refractivity contribution < 1.29 is 38.2 Å². The molecule has 7 rings (SSSR count). The summed E-state index contributed by atoms with van der Waals surface area (Å²) in [6.07, 6.45) is 9.82. The Morgan fingerprint density at radius 3 is 1.65 bits per heavy atom. The van der Waals surface area contributed by atoms with E-state index < -0.39 is 30.0 Å². The minimum absolute atomic E-state index is 0.232. The van der Waals surface area contributed by atoms with Crippen molar-refractivity contribution in [2.24, 2.45) is 0 Å². The molecule has 14 heteroatoms. The first kappa shape index (κ1) is 44.4. The van der Waals surface area contributed by atoms with Gasteiger partial charge in [0, 0.05) is 60.6 Å². The quantitative estimate of drug-likeness (QED) is 0.179. The van der Waals surface area contributed by atoms with Gasteiger partial charge in [-0.1, -0.05) is 53.6 Å². The van der Waals surface area contributed by atoms with E-state index in [1.54, 1.807) is 17.3 Å². The Labute approximate surface area is 361 Å². The standard InChI is InChI=1S/C24H29BN2O5.C22H25BrN2O3/c1-23(2)24(3,4)32-25(31-23)19-8-9-21(26-16-19)30-20-7-5-6-18(15-20)14-17-10-12-27(13-11-17)22(28)29;1-22(2,3)28-21(26)25-11-9-16(10-12-25)13-17-5-4-6-19(14-17)27-20-8-7-18(23)15-24-20/h5-9,14-16H,10-13H2,1-4H3,(H,28,29);4-8,13-15H,9-12H2,1-3H3. The van der Waals surface area contributed by atoms with Gasteiger partial charge in [-0.15, -0.1) is 0 Å². The lowest BCUT2D eigenvalue weighted by atomic mass is 9.80. The molecule has 3 aliphatic heterocycles. The first-order chi connectivity index (χ1) is 28.4. The molecule has 2 amide bonds. The van der Waals surface area contributed by atoms with Crippen molar-refractivity contribution in [1.29, 1.82) is 0 Å². The molecule has 0 atom stereocenters. The van der Waals surface area contributed by atoms with Gasteiger partial charge in [0.1, 0.15) is 17.1 Å². The summed E-state index contributed by atoms with van der Waals surface area (Å²) in [7, 11) is -0.455. The number of benzene rings is 2. The molecule has 316 valence electrons. The fourth-order valence-electron chi connectivity index (χ4n) is 6.62. The lowest BCUT2D eigenvalue weighted by Crippen LogP contribution is -2.41. The average Bonchev–Trinajstić information content (AvgIpc) is 3.42. The fourth-order valence-corrected chi connectivity index (χ4v) is 6.85. The van der Waals surface area contributed by atoms with Gasteiger partial charge in [-0.2, -0.15) is 0 Å². The SMILES string of the molecule is CC(C)(C)OC(=O)N1CCC(=Cc2cccc(Oc3ccc(Br)cn3)c2)CC1.CC1(C)OB(c2ccc(Oc3cccc(C=C4CCN(C(=O)O)CC4)c3)nc2)OC1(C)C. The van der Waals surface area contributed by atoms with Gasteiger partial charge in [-0.05, 0) is 132 Å². The van der Waals surface area contributed by atoms with E-state index in [1.807, 2.05) is 115 Å². The third-order valence-electron chi connectivity index (χ3n) is 10.6. The average molecular weight is 882 g/mol. The van der Waals surface area contributed by atoms with Crippen LogP contribution in [0.4, 0.5) is 9.59 Å². The maximum Gasteiger partial charge on any atom is 0.496 e. The largest absolute Gasteiger partial charge is 0.496 e. The second-order valence-electron chi connectivity index (χ2n) is 17.0. The van der Waals surface area contributed by atoms with Gasteiger partial charge in [0.05, 0.1) is 11.2 Å². The Hall–Kier alpha value is -5.18. The summed E-state index contributed by atoms with van der Waals surface area (Å²) in [6.45, 7) is 16.2. The van der Waals surface area contributed by atoms with E-state index in [0.29, 0.717) is 43.7 Å². The molecule has 12 nitrogen and oxygen atoms in total. The van der Waals surface area contributed by atoms with Crippen molar-refractivity contribution in [3.8, 4) is 23.3 Å². The summed E-state index contributed by atoms with van der Waals surface area (Å²) in [6, 6.07) is 23.2. The Balaban J connectivity index is 0.000000203. The van der Waals surface area contributed by atoms with Crippen molar-refractivity contribution >= 4 is 52.8 Å². The van der Waals surface area contributed by atoms with Crippen LogP contribution in [0.25, 0.3) is 12.2 Å². The second-order valence-corrected chi connectivity index (χ2v) is 17.9. The number of aromatic nitrogens is 2. The highest BCUT2D eigenvalue weighted by Gasteiger charge is 2.51. The minimum atomic E-state index is -0.851. The highest BCUT2D eigenvalue weighted by molar-refractivity contribution is 9.10. The van der Waals surface area contributed by atoms with Gasteiger partial charge in [-0.25, -0.2) is 19.6 Å². The van der Waals surface area contributed by atoms with Crippen LogP contribution < -0.4 is 14.9 Å². The summed E-state index contributed by atoms with van der Waals surface area (Å²) < 4.78 is 30.3. The van der Waals surface area contributed by atoms with Gasteiger partial charge in [-0.3, -0.25) is 0 Å². The van der Waals surface area contributed by atoms with Gasteiger partial charge in [0.25, 0.3) is 0 Å². The number of ether oxygens (including phenoxy) is 3. The van der Waals surface area contributed by atoms with Gasteiger partial charge < -0.3 is 38.4 Å². The van der Waals surface area contributed by atoms with E-state index in [4.69, 9.17) is 28.6 Å². The monoisotopic (exact) mass is 880 g/mol. The zero-order valence-corrected chi connectivity index (χ0v) is 37.0. The van der Waals surface area contributed by atoms with Crippen LogP contribution in [0.2, 0.25) is 0 Å². The number of carbonyl (C=O) groups is 2. The highest BCUT2D eigenvalue weighted by Crippen LogP contribution is 2.36. The molecule has 3 saturated heterocycles. The van der Waals surface area contributed by atoms with Crippen molar-refractivity contribution in [1.82, 2.24) is 19.8 Å². The summed E-state index contributed by atoms with van der Waals surface area (Å²) in [5.41, 5.74) is 4.26. The molecule has 0 bridgehead atoms. The number of nitrogens with zero attached hydrogens (tertiary/aromatic N) is 4. The summed E-state index contributed by atoms with van der Waals surface area (Å²) in [5.74, 6) is 2.48. The second kappa shape index (κ2) is 19.0. The number of carboxylic acid groups (broad SMARTS) is 1. The molecule has 1 N–H and O–H groups in total. The summed E-state index contributed by atoms with van der Waals surface area (Å²) in [5, 5.41) is 9.09. The van der Waals surface area contributed by atoms with Crippen LogP contribution in [0.1, 0.15) is 85.3 Å². The normalized spacial score (nSPS) is 17.3. The minimum Gasteiger partial charge on any atom is -0.465 e. The molecular weight excluding hydrogens is 827 g/mol. The Kier molecular flexibility index (Phi) is 14.1. The van der Waals surface area contributed by atoms with Crippen molar-refractivity contribution in [3.63, 3.8) is 0 Å². The molecule has 2 aromatic carbocycles. The number of carbonyl (C=O) groups excluding carboxylic acids is 1. The molecule has 3 aliphatic rings. The van der Waals surface area contributed by atoms with E-state index in [1.165, 1.54) is 16.0 Å². The number of hydrogen-bond donors (Lipinski definition) is 1. The van der Waals surface area contributed by atoms with Crippen LogP contribution in [0.5, 0.6) is 23.3 Å². The molecule has 60 heavy (non-hydrogen) atoms. The van der Waals surface area contributed by atoms with E-state index in [9.17, 15) is 9.59 Å². The summed E-state index contributed by atoms with van der Waals surface area (Å²) >= 11 is 3.37. The van der Waals surface area contributed by atoms with Crippen molar-refractivity contribution in [2.75, 3.05) is 26.2 Å². The molecule has 4 aromatic rings. The molecule has 5 heterocycles. The molecule has 3 fully saturated rings. The van der Waals surface area contributed by atoms with E-state index >= 15 is 0 Å². The number of hydrogen-bond acceptors (Lipinski definition) is 9. The number of halogens is 1. The van der Waals surface area contributed by atoms with Crippen molar-refractivity contribution in [2.45, 2.75) is 91.0 Å². The van der Waals surface area contributed by atoms with Gasteiger partial charge in [0.15, 0.2) is 0 Å². The Morgan fingerprint density at radius 1 is 0.733 bits per heavy atom. The predicted octanol–water partition coefficient (Wildman–Crippen LogP) is 10.4. The van der Waals surface area contributed by atoms with Crippen LogP contribution in [0.15, 0.2) is 101 Å². The van der Waals surface area contributed by atoms with E-state index in [2.05, 4.69) is 44.1 Å². The third kappa shape index (κ3) is 12.4. The smallest absolute Gasteiger partial charge is 0.465 e. The number of pyridine rings is 2. The lowest BCUT2D eigenvalue weighted by molar-refractivity contribution is 0.00578. The molecule has 2 aromatic heterocycles. The molecule has 0 saturated carbocycles. The third-order valence-corrected chi connectivity index (χ3v) is 11.1. The van der Waals surface area contributed by atoms with Gasteiger partial charge in [0.2, 0.25) is 11.8 Å². The van der Waals surface area contributed by atoms with E-state index in [0.717, 1.165) is 52.5 Å². The van der Waals surface area contributed by atoms with Crippen LogP contribution in [-0.4, -0.2) is 87.2 Å². The molecule has 0 unspecified atom stereocenters. The first-order valence-corrected chi connectivity index (χ1v) is 21.0. The molecular formula is C46H54BBrN4O8. The van der Waals surface area contributed by atoms with Crippen LogP contribution in [0.3, 0.4) is 0 Å².